The maximum absolute atomic E-state index is 13.6. The van der Waals surface area contributed by atoms with Gasteiger partial charge in [-0.05, 0) is 31.5 Å². The molecule has 2 amide bonds. The largest absolute Gasteiger partial charge is 0.355 e. The number of pyridine rings is 1. The lowest BCUT2D eigenvalue weighted by Gasteiger charge is -2.39. The molecule has 1 fully saturated rings. The number of likely N-dealkylation sites (tertiary alicyclic amines) is 1. The zero-order valence-corrected chi connectivity index (χ0v) is 20.8. The minimum Gasteiger partial charge on any atom is -0.355 e. The Kier molecular flexibility index (Phi) is 6.53. The lowest BCUT2D eigenvalue weighted by Crippen LogP contribution is -2.54. The normalized spacial score (nSPS) is 15.2. The molecule has 0 radical (unpaired) electrons. The summed E-state index contributed by atoms with van der Waals surface area (Å²) in [5, 5.41) is 6.13. The molecule has 0 bridgehead atoms. The average molecular weight is 485 g/mol. The van der Waals surface area contributed by atoms with Gasteiger partial charge in [0.2, 0.25) is 11.9 Å². The van der Waals surface area contributed by atoms with Crippen molar-refractivity contribution in [3.63, 3.8) is 0 Å². The van der Waals surface area contributed by atoms with Crippen LogP contribution in [-0.4, -0.2) is 51.3 Å². The Balaban J connectivity index is 1.49. The highest BCUT2D eigenvalue weighted by Gasteiger charge is 2.34. The molecule has 8 nitrogen and oxygen atoms in total. The number of aromatic nitrogens is 3. The van der Waals surface area contributed by atoms with Gasteiger partial charge in [0.25, 0.3) is 5.91 Å². The number of hydrogen-bond donors (Lipinski definition) is 2. The van der Waals surface area contributed by atoms with E-state index >= 15 is 0 Å². The highest BCUT2D eigenvalue weighted by molar-refractivity contribution is 7.19. The number of thiophene rings is 1. The summed E-state index contributed by atoms with van der Waals surface area (Å²) >= 11 is 1.49. The maximum Gasteiger partial charge on any atom is 0.274 e. The van der Waals surface area contributed by atoms with Crippen LogP contribution < -0.4 is 10.6 Å². The zero-order chi connectivity index (χ0) is 24.6. The smallest absolute Gasteiger partial charge is 0.274 e. The summed E-state index contributed by atoms with van der Waals surface area (Å²) in [6, 6.07) is 3.03. The monoisotopic (exact) mass is 484 g/mol. The third kappa shape index (κ3) is 5.16. The van der Waals surface area contributed by atoms with Crippen LogP contribution in [0.3, 0.4) is 0 Å². The number of carbonyl (C=O) groups is 2. The molecule has 0 aromatic carbocycles. The molecule has 0 spiro atoms. The molecule has 10 heteroatoms. The molecule has 34 heavy (non-hydrogen) atoms. The second-order valence-corrected chi connectivity index (χ2v) is 11.1. The Morgan fingerprint density at radius 3 is 2.65 bits per heavy atom. The minimum atomic E-state index is -0.440. The van der Waals surface area contributed by atoms with Crippen LogP contribution in [0.4, 0.5) is 10.3 Å². The average Bonchev–Trinajstić information content (AvgIpc) is 3.10. The van der Waals surface area contributed by atoms with Crippen LogP contribution in [0.1, 0.15) is 54.7 Å². The Bertz CT molecular complexity index is 1230. The molecule has 1 saturated heterocycles. The number of aryl methyl sites for hydroxylation is 1. The van der Waals surface area contributed by atoms with Crippen LogP contribution in [0, 0.1) is 24.1 Å². The van der Waals surface area contributed by atoms with E-state index in [1.165, 1.54) is 17.4 Å². The van der Waals surface area contributed by atoms with Crippen molar-refractivity contribution in [1.29, 1.82) is 0 Å². The van der Waals surface area contributed by atoms with Crippen LogP contribution in [0.2, 0.25) is 0 Å². The summed E-state index contributed by atoms with van der Waals surface area (Å²) in [6.07, 6.45) is 2.73. The van der Waals surface area contributed by atoms with Gasteiger partial charge in [0.05, 0.1) is 22.5 Å². The lowest BCUT2D eigenvalue weighted by atomic mass is 9.94. The first-order chi connectivity index (χ1) is 16.0. The van der Waals surface area contributed by atoms with Gasteiger partial charge >= 0.3 is 0 Å². The number of halogens is 1. The van der Waals surface area contributed by atoms with Crippen molar-refractivity contribution in [2.45, 2.75) is 40.7 Å². The highest BCUT2D eigenvalue weighted by Crippen LogP contribution is 2.30. The Labute approximate surface area is 202 Å². The number of anilines is 1. The molecule has 180 valence electrons. The number of fused-ring (bicyclic) bond motifs is 1. The fourth-order valence-electron chi connectivity index (χ4n) is 3.72. The van der Waals surface area contributed by atoms with E-state index in [4.69, 9.17) is 0 Å². The molecule has 0 saturated carbocycles. The van der Waals surface area contributed by atoms with Gasteiger partial charge in [0.1, 0.15) is 5.82 Å². The molecule has 3 aromatic rings. The molecule has 0 aliphatic carbocycles. The number of carbonyl (C=O) groups excluding carboxylic acids is 2. The molecule has 1 atom stereocenters. The molecule has 4 rings (SSSR count). The van der Waals surface area contributed by atoms with Crippen LogP contribution in [0.15, 0.2) is 24.5 Å². The summed E-state index contributed by atoms with van der Waals surface area (Å²) < 4.78 is 14.3. The highest BCUT2D eigenvalue weighted by atomic mass is 32.1. The van der Waals surface area contributed by atoms with Gasteiger partial charge < -0.3 is 15.5 Å². The molecule has 3 aromatic heterocycles. The van der Waals surface area contributed by atoms with Crippen molar-refractivity contribution in [2.75, 3.05) is 25.0 Å². The van der Waals surface area contributed by atoms with E-state index in [-0.39, 0.29) is 23.8 Å². The number of nitrogens with one attached hydrogen (secondary N) is 2. The molecular weight excluding hydrogens is 455 g/mol. The van der Waals surface area contributed by atoms with E-state index in [9.17, 15) is 14.0 Å². The number of amides is 2. The van der Waals surface area contributed by atoms with Crippen molar-refractivity contribution in [3.8, 4) is 0 Å². The van der Waals surface area contributed by atoms with E-state index in [1.54, 1.807) is 11.1 Å². The van der Waals surface area contributed by atoms with Gasteiger partial charge in [-0.3, -0.25) is 14.6 Å². The van der Waals surface area contributed by atoms with Crippen molar-refractivity contribution in [1.82, 2.24) is 25.2 Å². The Morgan fingerprint density at radius 1 is 1.24 bits per heavy atom. The predicted octanol–water partition coefficient (Wildman–Crippen LogP) is 3.94. The first-order valence-electron chi connectivity index (χ1n) is 11.2. The van der Waals surface area contributed by atoms with Crippen LogP contribution >= 0.6 is 11.3 Å². The summed E-state index contributed by atoms with van der Waals surface area (Å²) in [7, 11) is 0. The van der Waals surface area contributed by atoms with Crippen LogP contribution in [0.25, 0.3) is 10.2 Å². The van der Waals surface area contributed by atoms with E-state index in [0.29, 0.717) is 42.4 Å². The number of hydrogen-bond acceptors (Lipinski definition) is 7. The van der Waals surface area contributed by atoms with Crippen LogP contribution in [0.5, 0.6) is 0 Å². The SMILES string of the molecule is Cc1cc2nc(N[C@@H](C)c3cncc(F)c3)nc(C(=O)N3CC(CNC(=O)C(C)(C)C)C3)c2s1. The molecule has 1 aliphatic heterocycles. The lowest BCUT2D eigenvalue weighted by molar-refractivity contribution is -0.128. The molecule has 1 aliphatic rings. The first kappa shape index (κ1) is 24.0. The molecule has 4 heterocycles. The van der Waals surface area contributed by atoms with Crippen molar-refractivity contribution in [3.05, 3.63) is 46.5 Å². The van der Waals surface area contributed by atoms with Crippen molar-refractivity contribution in [2.24, 2.45) is 11.3 Å². The molecular formula is C24H29FN6O2S. The fourth-order valence-corrected chi connectivity index (χ4v) is 4.65. The Hall–Kier alpha value is -3.14. The topological polar surface area (TPSA) is 100 Å². The van der Waals surface area contributed by atoms with Gasteiger partial charge in [-0.25, -0.2) is 14.4 Å². The summed E-state index contributed by atoms with van der Waals surface area (Å²) in [5.41, 5.74) is 1.26. The molecule has 0 unspecified atom stereocenters. The van der Waals surface area contributed by atoms with Gasteiger partial charge in [-0.15, -0.1) is 11.3 Å². The third-order valence-electron chi connectivity index (χ3n) is 5.75. The van der Waals surface area contributed by atoms with E-state index in [1.807, 2.05) is 40.7 Å². The van der Waals surface area contributed by atoms with E-state index in [2.05, 4.69) is 25.6 Å². The third-order valence-corrected chi connectivity index (χ3v) is 6.79. The van der Waals surface area contributed by atoms with E-state index < -0.39 is 11.2 Å². The predicted molar refractivity (Wildman–Crippen MR) is 130 cm³/mol. The second kappa shape index (κ2) is 9.25. The summed E-state index contributed by atoms with van der Waals surface area (Å²) in [6.45, 7) is 11.1. The summed E-state index contributed by atoms with van der Waals surface area (Å²) in [4.78, 5) is 41.2. The maximum atomic E-state index is 13.6. The summed E-state index contributed by atoms with van der Waals surface area (Å²) in [5.74, 6) is -0.0495. The Morgan fingerprint density at radius 2 is 1.97 bits per heavy atom. The standard InChI is InChI=1S/C24H29FN6O2S/c1-13-6-18-20(34-13)19(21(32)31-11-15(12-31)8-27-22(33)24(3,4)5)30-23(29-18)28-14(2)16-7-17(25)10-26-9-16/h6-7,9-10,14-15H,8,11-12H2,1-5H3,(H,27,33)(H,28,29,30)/t14-/m0/s1. The second-order valence-electron chi connectivity index (χ2n) is 9.81. The van der Waals surface area contributed by atoms with Gasteiger partial charge in [-0.1, -0.05) is 20.8 Å². The first-order valence-corrected chi connectivity index (χ1v) is 12.1. The van der Waals surface area contributed by atoms with E-state index in [0.717, 1.165) is 15.8 Å². The van der Waals surface area contributed by atoms with Crippen LogP contribution in [-0.2, 0) is 4.79 Å². The zero-order valence-electron chi connectivity index (χ0n) is 20.0. The minimum absolute atomic E-state index is 0.00202. The van der Waals surface area contributed by atoms with Crippen molar-refractivity contribution >= 4 is 39.3 Å². The van der Waals surface area contributed by atoms with Gasteiger partial charge in [0, 0.05) is 42.0 Å². The number of rotatable bonds is 6. The van der Waals surface area contributed by atoms with Gasteiger partial charge in [0.15, 0.2) is 5.69 Å². The quantitative estimate of drug-likeness (QED) is 0.550. The van der Waals surface area contributed by atoms with Gasteiger partial charge in [-0.2, -0.15) is 0 Å². The van der Waals surface area contributed by atoms with Crippen molar-refractivity contribution < 1.29 is 14.0 Å². The number of nitrogens with zero attached hydrogens (tertiary/aromatic N) is 4. The fraction of sp³-hybridized carbons (Fsp3) is 0.458. The molecule has 2 N–H and O–H groups in total.